The quantitative estimate of drug-likeness (QED) is 0.158. The van der Waals surface area contributed by atoms with E-state index in [0.29, 0.717) is 0 Å². The van der Waals surface area contributed by atoms with Crippen LogP contribution in [0.25, 0.3) is 65.0 Å². The van der Waals surface area contributed by atoms with Gasteiger partial charge in [0, 0.05) is 48.7 Å². The van der Waals surface area contributed by atoms with Gasteiger partial charge in [-0.05, 0) is 116 Å². The molecule has 1 spiro atoms. The number of ether oxygens (including phenoxy) is 1. The molecule has 310 valence electrons. The molecule has 1 aliphatic carbocycles. The average molecular weight is 860 g/mol. The van der Waals surface area contributed by atoms with Gasteiger partial charge in [0.25, 0.3) is 0 Å². The Morgan fingerprint density at radius 2 is 0.879 bits per heavy atom. The minimum absolute atomic E-state index is 0.526. The van der Waals surface area contributed by atoms with Crippen molar-refractivity contribution in [2.75, 3.05) is 4.90 Å². The highest BCUT2D eigenvalue weighted by Gasteiger charge is 2.51. The molecule has 2 aliphatic rings. The first kappa shape index (κ1) is 38.2. The van der Waals surface area contributed by atoms with E-state index in [1.165, 1.54) is 81.7 Å². The van der Waals surface area contributed by atoms with Crippen molar-refractivity contribution in [3.05, 3.63) is 271 Å². The number of hydrogen-bond donors (Lipinski definition) is 0. The smallest absolute Gasteiger partial charge is 0.132 e. The second kappa shape index (κ2) is 15.5. The van der Waals surface area contributed by atoms with E-state index in [9.17, 15) is 0 Å². The number of para-hydroxylation sites is 3. The van der Waals surface area contributed by atoms with Gasteiger partial charge in [0.15, 0.2) is 0 Å². The molecule has 0 saturated heterocycles. The molecule has 1 aliphatic heterocycles. The van der Waals surface area contributed by atoms with Crippen molar-refractivity contribution >= 4 is 38.5 Å². The second-order valence-corrected chi connectivity index (χ2v) is 18.2. The first-order valence-electron chi connectivity index (χ1n) is 22.6. The van der Waals surface area contributed by atoms with Crippen molar-refractivity contribution in [1.29, 1.82) is 0 Å². The standard InChI is InChI=1S/C63H41NOS/c1-3-18-42(19-4-1)44-20-15-22-46(40-44)60-52-27-8-14-35-59(52)66-62(60)43-36-38-48(39-37-43)64(47-23-5-2-6-24-47)49-25-16-21-45(41-49)50-28-17-32-56-61(50)51-26-7-9-29-53(51)63(56)54-30-10-12-33-57(54)65-58-34-13-11-31-55(58)63/h1-41H. The Hall–Kier alpha value is -8.24. The lowest BCUT2D eigenvalue weighted by atomic mass is 9.66. The summed E-state index contributed by atoms with van der Waals surface area (Å²) < 4.78 is 7.90. The number of benzene rings is 10. The molecule has 0 radical (unpaired) electrons. The molecule has 0 saturated carbocycles. The average Bonchev–Trinajstić information content (AvgIpc) is 3.92. The molecule has 10 aromatic carbocycles. The number of nitrogens with zero attached hydrogens (tertiary/aromatic N) is 1. The van der Waals surface area contributed by atoms with E-state index in [0.717, 1.165) is 34.1 Å². The van der Waals surface area contributed by atoms with Crippen LogP contribution in [-0.4, -0.2) is 0 Å². The summed E-state index contributed by atoms with van der Waals surface area (Å²) in [5.74, 6) is 1.80. The predicted molar refractivity (Wildman–Crippen MR) is 276 cm³/mol. The first-order chi connectivity index (χ1) is 32.7. The normalized spacial score (nSPS) is 12.8. The van der Waals surface area contributed by atoms with Crippen LogP contribution < -0.4 is 9.64 Å². The molecule has 66 heavy (non-hydrogen) atoms. The Morgan fingerprint density at radius 3 is 1.67 bits per heavy atom. The number of thiophene rings is 1. The van der Waals surface area contributed by atoms with Gasteiger partial charge in [-0.2, -0.15) is 0 Å². The fourth-order valence-corrected chi connectivity index (χ4v) is 12.0. The van der Waals surface area contributed by atoms with Crippen LogP contribution in [0.3, 0.4) is 0 Å². The molecule has 13 rings (SSSR count). The van der Waals surface area contributed by atoms with Gasteiger partial charge in [-0.1, -0.05) is 188 Å². The van der Waals surface area contributed by atoms with Crippen LogP contribution in [0.5, 0.6) is 11.5 Å². The fourth-order valence-electron chi connectivity index (χ4n) is 10.8. The molecule has 0 N–H and O–H groups in total. The van der Waals surface area contributed by atoms with Crippen LogP contribution in [0.1, 0.15) is 22.3 Å². The predicted octanol–water partition coefficient (Wildman–Crippen LogP) is 17.5. The highest BCUT2D eigenvalue weighted by molar-refractivity contribution is 7.23. The molecule has 2 heterocycles. The molecule has 0 unspecified atom stereocenters. The monoisotopic (exact) mass is 859 g/mol. The molecule has 0 amide bonds. The third-order valence-corrected chi connectivity index (χ3v) is 14.8. The van der Waals surface area contributed by atoms with Gasteiger partial charge < -0.3 is 9.64 Å². The van der Waals surface area contributed by atoms with Gasteiger partial charge in [0.1, 0.15) is 11.5 Å². The summed E-state index contributed by atoms with van der Waals surface area (Å²) in [7, 11) is 0. The van der Waals surface area contributed by atoms with Crippen LogP contribution in [0.4, 0.5) is 17.1 Å². The molecular weight excluding hydrogens is 819 g/mol. The number of anilines is 3. The van der Waals surface area contributed by atoms with Crippen LogP contribution in [0, 0.1) is 0 Å². The minimum atomic E-state index is -0.526. The zero-order valence-electron chi connectivity index (χ0n) is 35.9. The summed E-state index contributed by atoms with van der Waals surface area (Å²) >= 11 is 1.86. The van der Waals surface area contributed by atoms with Gasteiger partial charge in [-0.25, -0.2) is 0 Å². The summed E-state index contributed by atoms with van der Waals surface area (Å²) in [5, 5.41) is 1.28. The van der Waals surface area contributed by atoms with E-state index < -0.39 is 5.41 Å². The Morgan fingerprint density at radius 1 is 0.333 bits per heavy atom. The summed E-state index contributed by atoms with van der Waals surface area (Å²) in [5.41, 5.74) is 18.7. The molecule has 2 nitrogen and oxygen atoms in total. The lowest BCUT2D eigenvalue weighted by Crippen LogP contribution is -2.32. The van der Waals surface area contributed by atoms with Gasteiger partial charge >= 0.3 is 0 Å². The van der Waals surface area contributed by atoms with E-state index in [2.05, 4.69) is 254 Å². The van der Waals surface area contributed by atoms with E-state index in [1.807, 2.05) is 11.3 Å². The number of hydrogen-bond acceptors (Lipinski definition) is 3. The largest absolute Gasteiger partial charge is 0.457 e. The third kappa shape index (κ3) is 5.94. The lowest BCUT2D eigenvalue weighted by Gasteiger charge is -2.39. The summed E-state index contributed by atoms with van der Waals surface area (Å²) in [4.78, 5) is 3.65. The number of fused-ring (bicyclic) bond motifs is 10. The van der Waals surface area contributed by atoms with Crippen molar-refractivity contribution in [3.63, 3.8) is 0 Å². The number of rotatable bonds is 7. The molecule has 3 heteroatoms. The van der Waals surface area contributed by atoms with E-state index in [4.69, 9.17) is 4.74 Å². The molecule has 1 aromatic heterocycles. The maximum Gasteiger partial charge on any atom is 0.132 e. The van der Waals surface area contributed by atoms with E-state index in [-0.39, 0.29) is 0 Å². The maximum atomic E-state index is 6.62. The highest BCUT2D eigenvalue weighted by Crippen LogP contribution is 2.63. The summed E-state index contributed by atoms with van der Waals surface area (Å²) in [6, 6.07) is 90.4. The molecule has 0 fully saturated rings. The summed E-state index contributed by atoms with van der Waals surface area (Å²) in [6.45, 7) is 0. The van der Waals surface area contributed by atoms with Crippen LogP contribution >= 0.6 is 11.3 Å². The van der Waals surface area contributed by atoms with E-state index in [1.54, 1.807) is 0 Å². The van der Waals surface area contributed by atoms with Crippen LogP contribution in [0.15, 0.2) is 249 Å². The van der Waals surface area contributed by atoms with Gasteiger partial charge in [0.05, 0.1) is 5.41 Å². The molecule has 0 atom stereocenters. The Labute approximate surface area is 388 Å². The first-order valence-corrected chi connectivity index (χ1v) is 23.4. The van der Waals surface area contributed by atoms with Crippen molar-refractivity contribution in [3.8, 4) is 66.4 Å². The van der Waals surface area contributed by atoms with Crippen molar-refractivity contribution in [1.82, 2.24) is 0 Å². The lowest BCUT2D eigenvalue weighted by molar-refractivity contribution is 0.436. The van der Waals surface area contributed by atoms with Crippen LogP contribution in [0.2, 0.25) is 0 Å². The van der Waals surface area contributed by atoms with E-state index >= 15 is 0 Å². The minimum Gasteiger partial charge on any atom is -0.457 e. The van der Waals surface area contributed by atoms with Crippen molar-refractivity contribution in [2.24, 2.45) is 0 Å². The van der Waals surface area contributed by atoms with Gasteiger partial charge in [-0.3, -0.25) is 0 Å². The molecule has 11 aromatic rings. The van der Waals surface area contributed by atoms with Crippen molar-refractivity contribution < 1.29 is 4.74 Å². The maximum absolute atomic E-state index is 6.62. The third-order valence-electron chi connectivity index (χ3n) is 13.5. The van der Waals surface area contributed by atoms with Gasteiger partial charge in [-0.15, -0.1) is 11.3 Å². The van der Waals surface area contributed by atoms with Gasteiger partial charge in [0.2, 0.25) is 0 Å². The van der Waals surface area contributed by atoms with Crippen LogP contribution in [-0.2, 0) is 5.41 Å². The topological polar surface area (TPSA) is 12.5 Å². The zero-order valence-corrected chi connectivity index (χ0v) is 36.8. The second-order valence-electron chi connectivity index (χ2n) is 17.1. The molecule has 0 bridgehead atoms. The van der Waals surface area contributed by atoms with Crippen molar-refractivity contribution in [2.45, 2.75) is 5.41 Å². The summed E-state index contributed by atoms with van der Waals surface area (Å²) in [6.07, 6.45) is 0. The molecular formula is C63H41NOS. The zero-order chi connectivity index (χ0) is 43.6. The Balaban J connectivity index is 0.935. The fraction of sp³-hybridized carbons (Fsp3) is 0.0159. The Bertz CT molecular complexity index is 3580. The Kier molecular flexibility index (Phi) is 8.97. The highest BCUT2D eigenvalue weighted by atomic mass is 32.1. The SMILES string of the molecule is c1ccc(-c2cccc(-c3c(-c4ccc(N(c5ccccc5)c5cccc(-c6cccc7c6-c6ccccc6C76c7ccccc7Oc7ccccc76)c5)cc4)sc4ccccc34)c2)cc1.